The van der Waals surface area contributed by atoms with Gasteiger partial charge in [0.05, 0.1) is 18.5 Å². The molecule has 0 saturated heterocycles. The van der Waals surface area contributed by atoms with Crippen LogP contribution in [0.1, 0.15) is 27.0 Å². The molecule has 2 aromatic rings. The number of aryl methyl sites for hydroxylation is 2. The van der Waals surface area contributed by atoms with Crippen molar-refractivity contribution in [1.82, 2.24) is 4.90 Å². The van der Waals surface area contributed by atoms with Crippen molar-refractivity contribution in [2.45, 2.75) is 20.3 Å². The van der Waals surface area contributed by atoms with Crippen LogP contribution in [0.15, 0.2) is 30.3 Å². The largest absolute Gasteiger partial charge is 0.497 e. The number of benzene rings is 1. The third-order valence-electron chi connectivity index (χ3n) is 3.63. The highest BCUT2D eigenvalue weighted by molar-refractivity contribution is 7.14. The fourth-order valence-electron chi connectivity index (χ4n) is 2.35. The number of nitrogens with one attached hydrogen (secondary N) is 1. The second-order valence-electron chi connectivity index (χ2n) is 5.51. The lowest BCUT2D eigenvalue weighted by Crippen LogP contribution is -2.34. The highest BCUT2D eigenvalue weighted by Gasteiger charge is 2.18. The van der Waals surface area contributed by atoms with E-state index >= 15 is 0 Å². The van der Waals surface area contributed by atoms with E-state index in [-0.39, 0.29) is 18.4 Å². The van der Waals surface area contributed by atoms with Gasteiger partial charge in [-0.25, -0.2) is 0 Å². The van der Waals surface area contributed by atoms with Crippen LogP contribution in [0.5, 0.6) is 5.75 Å². The summed E-state index contributed by atoms with van der Waals surface area (Å²) in [5, 5.41) is 2.77. The molecule has 2 rings (SSSR count). The monoisotopic (exact) mass is 346 g/mol. The van der Waals surface area contributed by atoms with Crippen LogP contribution in [0.4, 0.5) is 5.69 Å². The standard InChI is InChI=1S/C18H22N2O3S/c1-5-15-12(2)9-16(24-15)18(22)20(3)11-17(21)19-13-7-6-8-14(10-13)23-4/h6-10H,5,11H2,1-4H3,(H,19,21). The van der Waals surface area contributed by atoms with Gasteiger partial charge in [0.2, 0.25) is 5.91 Å². The van der Waals surface area contributed by atoms with E-state index in [0.717, 1.165) is 12.0 Å². The molecule has 1 N–H and O–H groups in total. The van der Waals surface area contributed by atoms with Crippen LogP contribution >= 0.6 is 11.3 Å². The van der Waals surface area contributed by atoms with Gasteiger partial charge in [-0.2, -0.15) is 0 Å². The Kier molecular flexibility index (Phi) is 5.98. The minimum absolute atomic E-state index is 0.00551. The Labute approximate surface area is 146 Å². The summed E-state index contributed by atoms with van der Waals surface area (Å²) in [7, 11) is 3.20. The average molecular weight is 346 g/mol. The van der Waals surface area contributed by atoms with E-state index in [9.17, 15) is 9.59 Å². The predicted molar refractivity (Wildman–Crippen MR) is 97.0 cm³/mol. The lowest BCUT2D eigenvalue weighted by molar-refractivity contribution is -0.116. The lowest BCUT2D eigenvalue weighted by Gasteiger charge is -2.16. The highest BCUT2D eigenvalue weighted by atomic mass is 32.1. The molecule has 0 fully saturated rings. The molecular weight excluding hydrogens is 324 g/mol. The minimum Gasteiger partial charge on any atom is -0.497 e. The number of methoxy groups -OCH3 is 1. The number of amides is 2. The number of carbonyl (C=O) groups is 2. The molecule has 0 aliphatic carbocycles. The fourth-order valence-corrected chi connectivity index (χ4v) is 3.46. The molecule has 6 heteroatoms. The van der Waals surface area contributed by atoms with E-state index in [1.54, 1.807) is 38.4 Å². The molecule has 1 aromatic heterocycles. The van der Waals surface area contributed by atoms with Gasteiger partial charge in [-0.1, -0.05) is 13.0 Å². The van der Waals surface area contributed by atoms with E-state index in [0.29, 0.717) is 16.3 Å². The highest BCUT2D eigenvalue weighted by Crippen LogP contribution is 2.23. The normalized spacial score (nSPS) is 10.3. The molecule has 5 nitrogen and oxygen atoms in total. The summed E-state index contributed by atoms with van der Waals surface area (Å²) in [6, 6.07) is 9.00. The van der Waals surface area contributed by atoms with Gasteiger partial charge in [0.1, 0.15) is 5.75 Å². The summed E-state index contributed by atoms with van der Waals surface area (Å²) >= 11 is 1.49. The van der Waals surface area contributed by atoms with Crippen molar-refractivity contribution in [3.8, 4) is 5.75 Å². The zero-order valence-corrected chi connectivity index (χ0v) is 15.2. The summed E-state index contributed by atoms with van der Waals surface area (Å²) < 4.78 is 5.12. The van der Waals surface area contributed by atoms with Gasteiger partial charge in [-0.3, -0.25) is 9.59 Å². The molecule has 24 heavy (non-hydrogen) atoms. The van der Waals surface area contributed by atoms with Crippen molar-refractivity contribution in [1.29, 1.82) is 0 Å². The van der Waals surface area contributed by atoms with Crippen molar-refractivity contribution in [2.24, 2.45) is 0 Å². The summed E-state index contributed by atoms with van der Waals surface area (Å²) in [4.78, 5) is 27.9. The molecule has 128 valence electrons. The van der Waals surface area contributed by atoms with E-state index in [1.807, 2.05) is 13.0 Å². The number of rotatable bonds is 6. The maximum absolute atomic E-state index is 12.5. The van der Waals surface area contributed by atoms with E-state index in [1.165, 1.54) is 21.1 Å². The van der Waals surface area contributed by atoms with Crippen LogP contribution in [-0.2, 0) is 11.2 Å². The Bertz CT molecular complexity index is 740. The van der Waals surface area contributed by atoms with E-state index in [2.05, 4.69) is 12.2 Å². The van der Waals surface area contributed by atoms with Crippen molar-refractivity contribution in [3.05, 3.63) is 45.6 Å². The topological polar surface area (TPSA) is 58.6 Å². The molecule has 0 bridgehead atoms. The first-order chi connectivity index (χ1) is 11.4. The Morgan fingerprint density at radius 1 is 1.29 bits per heavy atom. The molecule has 0 atom stereocenters. The van der Waals surface area contributed by atoms with Gasteiger partial charge in [0, 0.05) is 23.7 Å². The third-order valence-corrected chi connectivity index (χ3v) is 5.00. The second-order valence-corrected chi connectivity index (χ2v) is 6.65. The van der Waals surface area contributed by atoms with Gasteiger partial charge in [0.25, 0.3) is 5.91 Å². The number of carbonyl (C=O) groups excluding carboxylic acids is 2. The molecule has 0 radical (unpaired) electrons. The summed E-state index contributed by atoms with van der Waals surface area (Å²) in [5.41, 5.74) is 1.76. The number of hydrogen-bond acceptors (Lipinski definition) is 4. The molecular formula is C18H22N2O3S. The SMILES string of the molecule is CCc1sc(C(=O)N(C)CC(=O)Nc2cccc(OC)c2)cc1C. The van der Waals surface area contributed by atoms with Crippen LogP contribution in [0, 0.1) is 6.92 Å². The van der Waals surface area contributed by atoms with Gasteiger partial charge in [-0.05, 0) is 37.1 Å². The number of ether oxygens (including phenoxy) is 1. The maximum atomic E-state index is 12.5. The first-order valence-corrected chi connectivity index (χ1v) is 8.55. The molecule has 0 aliphatic heterocycles. The Morgan fingerprint density at radius 3 is 2.67 bits per heavy atom. The number of likely N-dealkylation sites (N-methyl/N-ethyl adjacent to an activating group) is 1. The molecule has 1 heterocycles. The van der Waals surface area contributed by atoms with E-state index in [4.69, 9.17) is 4.74 Å². The molecule has 2 amide bonds. The third kappa shape index (κ3) is 4.35. The summed E-state index contributed by atoms with van der Waals surface area (Å²) in [6.07, 6.45) is 0.907. The molecule has 0 aliphatic rings. The van der Waals surface area contributed by atoms with Crippen molar-refractivity contribution in [2.75, 3.05) is 26.0 Å². The van der Waals surface area contributed by atoms with Gasteiger partial charge in [-0.15, -0.1) is 11.3 Å². The van der Waals surface area contributed by atoms with Crippen LogP contribution in [0.3, 0.4) is 0 Å². The van der Waals surface area contributed by atoms with Crippen LogP contribution in [-0.4, -0.2) is 37.4 Å². The van der Waals surface area contributed by atoms with Crippen LogP contribution in [0.25, 0.3) is 0 Å². The summed E-state index contributed by atoms with van der Waals surface area (Å²) in [5.74, 6) is 0.282. The number of thiophene rings is 1. The molecule has 0 unspecified atom stereocenters. The zero-order chi connectivity index (χ0) is 17.7. The van der Waals surface area contributed by atoms with Crippen molar-refractivity contribution in [3.63, 3.8) is 0 Å². The van der Waals surface area contributed by atoms with Gasteiger partial charge < -0.3 is 15.0 Å². The molecule has 0 saturated carbocycles. The quantitative estimate of drug-likeness (QED) is 0.873. The van der Waals surface area contributed by atoms with Crippen molar-refractivity contribution >= 4 is 28.8 Å². The fraction of sp³-hybridized carbons (Fsp3) is 0.333. The predicted octanol–water partition coefficient (Wildman–Crippen LogP) is 3.34. The zero-order valence-electron chi connectivity index (χ0n) is 14.4. The number of hydrogen-bond donors (Lipinski definition) is 1. The molecule has 1 aromatic carbocycles. The maximum Gasteiger partial charge on any atom is 0.264 e. The van der Waals surface area contributed by atoms with Crippen LogP contribution < -0.4 is 10.1 Å². The Morgan fingerprint density at radius 2 is 2.04 bits per heavy atom. The summed E-state index contributed by atoms with van der Waals surface area (Å²) in [6.45, 7) is 4.06. The number of nitrogens with zero attached hydrogens (tertiary/aromatic N) is 1. The smallest absolute Gasteiger partial charge is 0.264 e. The van der Waals surface area contributed by atoms with Gasteiger partial charge in [0.15, 0.2) is 0 Å². The number of anilines is 1. The second kappa shape index (κ2) is 7.97. The van der Waals surface area contributed by atoms with E-state index < -0.39 is 0 Å². The van der Waals surface area contributed by atoms with Crippen molar-refractivity contribution < 1.29 is 14.3 Å². The average Bonchev–Trinajstić information content (AvgIpc) is 2.94. The first kappa shape index (κ1) is 18.0. The van der Waals surface area contributed by atoms with Crippen LogP contribution in [0.2, 0.25) is 0 Å². The van der Waals surface area contributed by atoms with Gasteiger partial charge >= 0.3 is 0 Å². The first-order valence-electron chi connectivity index (χ1n) is 7.73. The lowest BCUT2D eigenvalue weighted by atomic mass is 10.2. The molecule has 0 spiro atoms. The Hall–Kier alpha value is -2.34. The minimum atomic E-state index is -0.247. The Balaban J connectivity index is 1.98.